The van der Waals surface area contributed by atoms with Gasteiger partial charge in [0, 0.05) is 24.4 Å². The minimum atomic E-state index is -3.51. The number of hydrogen-bond donors (Lipinski definition) is 1. The molecule has 0 bridgehead atoms. The Morgan fingerprint density at radius 1 is 1.53 bits per heavy atom. The van der Waals surface area contributed by atoms with Crippen LogP contribution in [0.2, 0.25) is 0 Å². The molecule has 106 valence electrons. The lowest BCUT2D eigenvalue weighted by molar-refractivity contribution is 0.415. The summed E-state index contributed by atoms with van der Waals surface area (Å²) in [6.07, 6.45) is 1.95. The summed E-state index contributed by atoms with van der Waals surface area (Å²) in [5, 5.41) is 0. The maximum atomic E-state index is 12.5. The molecule has 19 heavy (non-hydrogen) atoms. The van der Waals surface area contributed by atoms with Gasteiger partial charge in [-0.2, -0.15) is 16.1 Å². The summed E-state index contributed by atoms with van der Waals surface area (Å²) in [7, 11) is -1.92. The van der Waals surface area contributed by atoms with E-state index in [9.17, 15) is 8.42 Å². The Kier molecular flexibility index (Phi) is 5.79. The molecule has 1 rings (SSSR count). The molecule has 0 heterocycles. The van der Waals surface area contributed by atoms with Crippen LogP contribution in [0.1, 0.15) is 12.5 Å². The first kappa shape index (κ1) is 16.4. The third-order valence-electron chi connectivity index (χ3n) is 2.82. The Morgan fingerprint density at radius 3 is 2.68 bits per heavy atom. The van der Waals surface area contributed by atoms with Crippen molar-refractivity contribution in [1.29, 1.82) is 0 Å². The van der Waals surface area contributed by atoms with Crippen LogP contribution in [0.25, 0.3) is 0 Å². The molecule has 1 atom stereocenters. The van der Waals surface area contributed by atoms with Gasteiger partial charge in [0.2, 0.25) is 10.0 Å². The van der Waals surface area contributed by atoms with Gasteiger partial charge in [-0.15, -0.1) is 0 Å². The lowest BCUT2D eigenvalue weighted by atomic mass is 10.2. The molecule has 0 aromatic heterocycles. The summed E-state index contributed by atoms with van der Waals surface area (Å²) in [4.78, 5) is 0.408. The average molecular weight is 318 g/mol. The summed E-state index contributed by atoms with van der Waals surface area (Å²) in [5.41, 5.74) is 6.09. The molecule has 1 unspecified atom stereocenters. The van der Waals surface area contributed by atoms with Crippen LogP contribution < -0.4 is 5.73 Å². The van der Waals surface area contributed by atoms with Gasteiger partial charge < -0.3 is 5.73 Å². The van der Waals surface area contributed by atoms with Crippen molar-refractivity contribution in [3.63, 3.8) is 0 Å². The van der Waals surface area contributed by atoms with E-state index in [1.54, 1.807) is 37.0 Å². The van der Waals surface area contributed by atoms with Crippen molar-refractivity contribution in [2.24, 2.45) is 5.73 Å². The fraction of sp³-hybridized carbons (Fsp3) is 0.417. The number of sulfonamides is 1. The van der Waals surface area contributed by atoms with Crippen LogP contribution in [0.15, 0.2) is 29.2 Å². The molecule has 7 heteroatoms. The van der Waals surface area contributed by atoms with Crippen molar-refractivity contribution in [2.45, 2.75) is 17.9 Å². The SMILES string of the molecule is CSCC(C)N(C)S(=O)(=O)c1cccc(C(N)=S)c1. The maximum Gasteiger partial charge on any atom is 0.243 e. The summed E-state index contributed by atoms with van der Waals surface area (Å²) in [6.45, 7) is 1.88. The van der Waals surface area contributed by atoms with Gasteiger partial charge in [-0.25, -0.2) is 8.42 Å². The van der Waals surface area contributed by atoms with Crippen LogP contribution in [0.3, 0.4) is 0 Å². The van der Waals surface area contributed by atoms with Gasteiger partial charge in [-0.3, -0.25) is 0 Å². The molecule has 1 aromatic rings. The minimum absolute atomic E-state index is 0.0755. The smallest absolute Gasteiger partial charge is 0.243 e. The molecule has 0 aliphatic carbocycles. The number of nitrogens with zero attached hydrogens (tertiary/aromatic N) is 1. The molecular weight excluding hydrogens is 300 g/mol. The molecule has 1 aromatic carbocycles. The third kappa shape index (κ3) is 3.92. The van der Waals surface area contributed by atoms with Crippen LogP contribution in [-0.2, 0) is 10.0 Å². The van der Waals surface area contributed by atoms with E-state index < -0.39 is 10.0 Å². The summed E-state index contributed by atoms with van der Waals surface area (Å²) in [6, 6.07) is 6.34. The highest BCUT2D eigenvalue weighted by molar-refractivity contribution is 7.98. The normalized spacial score (nSPS) is 13.5. The fourth-order valence-electron chi connectivity index (χ4n) is 1.56. The molecule has 0 saturated carbocycles. The highest BCUT2D eigenvalue weighted by Gasteiger charge is 2.25. The van der Waals surface area contributed by atoms with Crippen LogP contribution >= 0.6 is 24.0 Å². The second kappa shape index (κ2) is 6.69. The van der Waals surface area contributed by atoms with E-state index in [-0.39, 0.29) is 15.9 Å². The highest BCUT2D eigenvalue weighted by Crippen LogP contribution is 2.19. The molecule has 0 amide bonds. The van der Waals surface area contributed by atoms with Gasteiger partial charge in [-0.1, -0.05) is 24.4 Å². The summed E-state index contributed by atoms with van der Waals surface area (Å²) in [5.74, 6) is 0.741. The van der Waals surface area contributed by atoms with Gasteiger partial charge in [0.05, 0.1) is 4.90 Å². The second-order valence-corrected chi connectivity index (χ2v) is 7.57. The number of thiocarbonyl (C=S) groups is 1. The first-order chi connectivity index (χ1) is 8.80. The predicted molar refractivity (Wildman–Crippen MR) is 85.1 cm³/mol. The van der Waals surface area contributed by atoms with E-state index >= 15 is 0 Å². The quantitative estimate of drug-likeness (QED) is 0.809. The van der Waals surface area contributed by atoms with Crippen LogP contribution in [0, 0.1) is 0 Å². The van der Waals surface area contributed by atoms with Crippen molar-refractivity contribution in [1.82, 2.24) is 4.31 Å². The van der Waals surface area contributed by atoms with E-state index in [1.165, 1.54) is 10.4 Å². The molecule has 0 fully saturated rings. The number of nitrogens with two attached hydrogens (primary N) is 1. The summed E-state index contributed by atoms with van der Waals surface area (Å²) >= 11 is 6.48. The topological polar surface area (TPSA) is 63.4 Å². The highest BCUT2D eigenvalue weighted by atomic mass is 32.2. The summed E-state index contributed by atoms with van der Waals surface area (Å²) < 4.78 is 26.3. The van der Waals surface area contributed by atoms with Gasteiger partial charge >= 0.3 is 0 Å². The van der Waals surface area contributed by atoms with Crippen molar-refractivity contribution in [3.05, 3.63) is 29.8 Å². The van der Waals surface area contributed by atoms with Crippen molar-refractivity contribution in [2.75, 3.05) is 19.1 Å². The van der Waals surface area contributed by atoms with Gasteiger partial charge in [-0.05, 0) is 25.3 Å². The van der Waals surface area contributed by atoms with E-state index in [0.29, 0.717) is 5.56 Å². The zero-order valence-electron chi connectivity index (χ0n) is 11.2. The molecule has 0 aliphatic heterocycles. The van der Waals surface area contributed by atoms with E-state index in [2.05, 4.69) is 0 Å². The number of hydrogen-bond acceptors (Lipinski definition) is 4. The Hall–Kier alpha value is -0.630. The predicted octanol–water partition coefficient (Wildman–Crippen LogP) is 1.69. The largest absolute Gasteiger partial charge is 0.389 e. The van der Waals surface area contributed by atoms with Crippen LogP contribution in [-0.4, -0.2) is 42.8 Å². The van der Waals surface area contributed by atoms with Gasteiger partial charge in [0.1, 0.15) is 4.99 Å². The zero-order valence-corrected chi connectivity index (χ0v) is 13.6. The molecule has 0 radical (unpaired) electrons. The standard InChI is InChI=1S/C12H18N2O2S3/c1-9(8-18-3)14(2)19(15,16)11-6-4-5-10(7-11)12(13)17/h4-7,9H,8H2,1-3H3,(H2,13,17). The molecule has 0 spiro atoms. The Bertz CT molecular complexity index is 558. The fourth-order valence-corrected chi connectivity index (χ4v) is 3.89. The first-order valence-electron chi connectivity index (χ1n) is 5.67. The Labute approximate surface area is 124 Å². The van der Waals surface area contributed by atoms with Gasteiger partial charge in [0.25, 0.3) is 0 Å². The Morgan fingerprint density at radius 2 is 2.16 bits per heavy atom. The molecule has 0 aliphatic rings. The lowest BCUT2D eigenvalue weighted by Crippen LogP contribution is -2.36. The van der Waals surface area contributed by atoms with Crippen LogP contribution in [0.4, 0.5) is 0 Å². The monoisotopic (exact) mass is 318 g/mol. The number of thioether (sulfide) groups is 1. The third-order valence-corrected chi connectivity index (χ3v) is 5.84. The second-order valence-electron chi connectivity index (χ2n) is 4.22. The van der Waals surface area contributed by atoms with E-state index in [0.717, 1.165) is 5.75 Å². The van der Waals surface area contributed by atoms with Gasteiger partial charge in [0.15, 0.2) is 0 Å². The zero-order chi connectivity index (χ0) is 14.6. The molecule has 2 N–H and O–H groups in total. The molecule has 4 nitrogen and oxygen atoms in total. The Balaban J connectivity index is 3.13. The number of benzene rings is 1. The van der Waals surface area contributed by atoms with Crippen molar-refractivity contribution < 1.29 is 8.42 Å². The van der Waals surface area contributed by atoms with Crippen LogP contribution in [0.5, 0.6) is 0 Å². The van der Waals surface area contributed by atoms with E-state index in [1.807, 2.05) is 13.2 Å². The maximum absolute atomic E-state index is 12.5. The minimum Gasteiger partial charge on any atom is -0.389 e. The van der Waals surface area contributed by atoms with E-state index in [4.69, 9.17) is 18.0 Å². The van der Waals surface area contributed by atoms with Crippen molar-refractivity contribution >= 4 is 39.0 Å². The van der Waals surface area contributed by atoms with Crippen molar-refractivity contribution in [3.8, 4) is 0 Å². The first-order valence-corrected chi connectivity index (χ1v) is 8.91. The molecular formula is C12H18N2O2S3. The lowest BCUT2D eigenvalue weighted by Gasteiger charge is -2.23. The average Bonchev–Trinajstić information content (AvgIpc) is 2.38. The number of rotatable bonds is 6. The molecule has 0 saturated heterocycles.